The highest BCUT2D eigenvalue weighted by atomic mass is 28.4. The van der Waals surface area contributed by atoms with Crippen LogP contribution in [0, 0.1) is 0 Å². The highest BCUT2D eigenvalue weighted by Gasteiger charge is 2.39. The van der Waals surface area contributed by atoms with Crippen LogP contribution < -0.4 is 0 Å². The summed E-state index contributed by atoms with van der Waals surface area (Å²) in [4.78, 5) is 0. The molecule has 0 aliphatic rings. The van der Waals surface area contributed by atoms with Crippen molar-refractivity contribution in [3.8, 4) is 0 Å². The molecule has 0 aliphatic heterocycles. The quantitative estimate of drug-likeness (QED) is 0.608. The van der Waals surface area contributed by atoms with Gasteiger partial charge in [-0.15, -0.1) is 11.7 Å². The molecule has 0 fully saturated rings. The Labute approximate surface area is 134 Å². The van der Waals surface area contributed by atoms with Crippen LogP contribution in [0.5, 0.6) is 0 Å². The van der Waals surface area contributed by atoms with Gasteiger partial charge in [0, 0.05) is 0 Å². The third-order valence-electron chi connectivity index (χ3n) is 4.81. The normalized spacial score (nSPS) is 15.7. The predicted molar refractivity (Wildman–Crippen MR) is 94.5 cm³/mol. The maximum absolute atomic E-state index is 6.40. The fraction of sp³-hybridized carbons (Fsp3) is 0.529. The van der Waals surface area contributed by atoms with E-state index in [2.05, 4.69) is 57.7 Å². The first kappa shape index (κ1) is 16.9. The largest absolute Gasteiger partial charge is 0.414 e. The van der Waals surface area contributed by atoms with Gasteiger partial charge in [0.2, 0.25) is 0 Å². The van der Waals surface area contributed by atoms with Crippen molar-refractivity contribution in [1.29, 1.82) is 0 Å². The number of para-hydroxylation sites is 1. The molecule has 1 aromatic heterocycles. The highest BCUT2D eigenvalue weighted by molar-refractivity contribution is 6.74. The Morgan fingerprint density at radius 1 is 1.23 bits per heavy atom. The second kappa shape index (κ2) is 5.63. The summed E-state index contributed by atoms with van der Waals surface area (Å²) in [7, 11) is -1.82. The van der Waals surface area contributed by atoms with Crippen molar-refractivity contribution in [3.63, 3.8) is 0 Å². The first-order valence-corrected chi connectivity index (χ1v) is 10.6. The third kappa shape index (κ3) is 3.01. The molecule has 1 unspecified atom stereocenters. The molecule has 0 amide bonds. The first-order valence-electron chi connectivity index (χ1n) is 7.69. The molecular weight excluding hydrogens is 290 g/mol. The Kier molecular flexibility index (Phi) is 4.32. The summed E-state index contributed by atoms with van der Waals surface area (Å²) in [6.07, 6.45) is 1.90. The van der Waals surface area contributed by atoms with Crippen LogP contribution in [0.2, 0.25) is 18.1 Å². The van der Waals surface area contributed by atoms with Gasteiger partial charge in [0.15, 0.2) is 8.32 Å². The van der Waals surface area contributed by atoms with Crippen LogP contribution in [-0.4, -0.2) is 29.9 Å². The summed E-state index contributed by atoms with van der Waals surface area (Å²) in [6.45, 7) is 17.9. The van der Waals surface area contributed by atoms with Gasteiger partial charge in [-0.1, -0.05) is 44.2 Å². The second-order valence-electron chi connectivity index (χ2n) is 7.60. The van der Waals surface area contributed by atoms with Gasteiger partial charge in [0.25, 0.3) is 0 Å². The average Bonchev–Trinajstić information content (AvgIpc) is 2.88. The molecule has 4 nitrogen and oxygen atoms in total. The van der Waals surface area contributed by atoms with Crippen LogP contribution in [0.15, 0.2) is 36.9 Å². The molecule has 22 heavy (non-hydrogen) atoms. The van der Waals surface area contributed by atoms with E-state index in [1.807, 2.05) is 35.0 Å². The minimum atomic E-state index is -1.82. The molecule has 1 atom stereocenters. The number of rotatable bonds is 5. The zero-order chi connectivity index (χ0) is 16.6. The number of nitrogens with zero attached hydrogens (tertiary/aromatic N) is 3. The molecule has 120 valence electrons. The van der Waals surface area contributed by atoms with Gasteiger partial charge >= 0.3 is 0 Å². The Hall–Kier alpha value is -1.46. The minimum absolute atomic E-state index is 0.180. The lowest BCUT2D eigenvalue weighted by Crippen LogP contribution is -2.45. The molecule has 1 aromatic carbocycles. The predicted octanol–water partition coefficient (Wildman–Crippen LogP) is 4.35. The standard InChI is InChI=1S/C17H27N3OSi/c1-8-17(5,13-21-22(6,7)16(2,3)4)20-15-12-10-9-11-14(15)18-19-20/h8-12H,1,13H2,2-7H3. The summed E-state index contributed by atoms with van der Waals surface area (Å²) in [5.74, 6) is 0. The van der Waals surface area contributed by atoms with Crippen molar-refractivity contribution < 1.29 is 4.43 Å². The Morgan fingerprint density at radius 3 is 2.45 bits per heavy atom. The average molecular weight is 318 g/mol. The highest BCUT2D eigenvalue weighted by Crippen LogP contribution is 2.37. The SMILES string of the molecule is C=CC(C)(CO[Si](C)(C)C(C)(C)C)n1nnc2ccccc21. The maximum Gasteiger partial charge on any atom is 0.192 e. The number of fused-ring (bicyclic) bond motifs is 1. The van der Waals surface area contributed by atoms with Gasteiger partial charge in [0.05, 0.1) is 12.1 Å². The van der Waals surface area contributed by atoms with Crippen LogP contribution >= 0.6 is 0 Å². The van der Waals surface area contributed by atoms with E-state index in [-0.39, 0.29) is 5.04 Å². The van der Waals surface area contributed by atoms with E-state index in [4.69, 9.17) is 4.43 Å². The molecule has 0 saturated heterocycles. The summed E-state index contributed by atoms with van der Waals surface area (Å²) >= 11 is 0. The Bertz CT molecular complexity index is 672. The molecule has 0 radical (unpaired) electrons. The molecule has 0 aliphatic carbocycles. The number of benzene rings is 1. The van der Waals surface area contributed by atoms with Crippen LogP contribution in [0.1, 0.15) is 27.7 Å². The molecule has 1 heterocycles. The summed E-state index contributed by atoms with van der Waals surface area (Å²) in [6, 6.07) is 7.97. The van der Waals surface area contributed by atoms with E-state index in [0.29, 0.717) is 6.61 Å². The van der Waals surface area contributed by atoms with E-state index in [1.165, 1.54) is 0 Å². The van der Waals surface area contributed by atoms with Gasteiger partial charge in [-0.25, -0.2) is 4.68 Å². The zero-order valence-corrected chi connectivity index (χ0v) is 15.6. The molecule has 0 bridgehead atoms. The molecule has 2 rings (SSSR count). The fourth-order valence-electron chi connectivity index (χ4n) is 2.00. The number of hydrogen-bond acceptors (Lipinski definition) is 3. The topological polar surface area (TPSA) is 39.9 Å². The summed E-state index contributed by atoms with van der Waals surface area (Å²) in [5, 5.41) is 8.76. The lowest BCUT2D eigenvalue weighted by atomic mass is 10.0. The minimum Gasteiger partial charge on any atom is -0.414 e. The molecule has 0 N–H and O–H groups in total. The van der Waals surface area contributed by atoms with E-state index in [1.54, 1.807) is 0 Å². The Balaban J connectivity index is 2.32. The van der Waals surface area contributed by atoms with Gasteiger partial charge in [-0.2, -0.15) is 0 Å². The van der Waals surface area contributed by atoms with Crippen LogP contribution in [0.4, 0.5) is 0 Å². The van der Waals surface area contributed by atoms with E-state index in [0.717, 1.165) is 11.0 Å². The van der Waals surface area contributed by atoms with Crippen molar-refractivity contribution in [2.24, 2.45) is 0 Å². The molecule has 5 heteroatoms. The monoisotopic (exact) mass is 317 g/mol. The van der Waals surface area contributed by atoms with E-state index >= 15 is 0 Å². The number of aromatic nitrogens is 3. The number of hydrogen-bond donors (Lipinski definition) is 0. The molecule has 0 saturated carbocycles. The first-order chi connectivity index (χ1) is 10.1. The smallest absolute Gasteiger partial charge is 0.192 e. The van der Waals surface area contributed by atoms with Gasteiger partial charge in [0.1, 0.15) is 11.1 Å². The lowest BCUT2D eigenvalue weighted by Gasteiger charge is -2.39. The van der Waals surface area contributed by atoms with Crippen molar-refractivity contribution in [3.05, 3.63) is 36.9 Å². The van der Waals surface area contributed by atoms with Crippen molar-refractivity contribution in [2.75, 3.05) is 6.61 Å². The third-order valence-corrected chi connectivity index (χ3v) is 9.29. The van der Waals surface area contributed by atoms with Crippen LogP contribution in [0.3, 0.4) is 0 Å². The van der Waals surface area contributed by atoms with E-state index < -0.39 is 13.9 Å². The van der Waals surface area contributed by atoms with Crippen molar-refractivity contribution in [1.82, 2.24) is 15.0 Å². The van der Waals surface area contributed by atoms with Gasteiger partial charge in [-0.05, 0) is 37.2 Å². The van der Waals surface area contributed by atoms with Crippen molar-refractivity contribution in [2.45, 2.75) is 51.4 Å². The van der Waals surface area contributed by atoms with Gasteiger partial charge < -0.3 is 4.43 Å². The van der Waals surface area contributed by atoms with Crippen LogP contribution in [0.25, 0.3) is 11.0 Å². The molecule has 0 spiro atoms. The van der Waals surface area contributed by atoms with E-state index in [9.17, 15) is 0 Å². The molecular formula is C17H27N3OSi. The maximum atomic E-state index is 6.40. The second-order valence-corrected chi connectivity index (χ2v) is 12.4. The fourth-order valence-corrected chi connectivity index (χ4v) is 3.08. The molecule has 2 aromatic rings. The Morgan fingerprint density at radius 2 is 1.86 bits per heavy atom. The summed E-state index contributed by atoms with van der Waals surface area (Å²) < 4.78 is 8.32. The van der Waals surface area contributed by atoms with Crippen molar-refractivity contribution >= 4 is 19.4 Å². The summed E-state index contributed by atoms with van der Waals surface area (Å²) in [5.41, 5.74) is 1.48. The zero-order valence-electron chi connectivity index (χ0n) is 14.6. The lowest BCUT2D eigenvalue weighted by molar-refractivity contribution is 0.182. The van der Waals surface area contributed by atoms with Crippen LogP contribution in [-0.2, 0) is 9.96 Å². The van der Waals surface area contributed by atoms with Gasteiger partial charge in [-0.3, -0.25) is 0 Å².